The first-order chi connectivity index (χ1) is 24.9. The van der Waals surface area contributed by atoms with Crippen LogP contribution in [-0.2, 0) is 48.8 Å². The van der Waals surface area contributed by atoms with Gasteiger partial charge in [0.2, 0.25) is 0 Å². The maximum Gasteiger partial charge on any atom is 0.264 e. The third-order valence-electron chi connectivity index (χ3n) is 8.67. The van der Waals surface area contributed by atoms with Gasteiger partial charge in [0, 0.05) is 5.57 Å². The van der Waals surface area contributed by atoms with Crippen molar-refractivity contribution in [3.63, 3.8) is 0 Å². The summed E-state index contributed by atoms with van der Waals surface area (Å²) >= 11 is 0. The summed E-state index contributed by atoms with van der Waals surface area (Å²) in [4.78, 5) is 0.173. The third-order valence-corrected chi connectivity index (χ3v) is 10.5. The number of hydrogen-bond acceptors (Lipinski definition) is 7. The Morgan fingerprint density at radius 3 is 1.78 bits per heavy atom. The summed E-state index contributed by atoms with van der Waals surface area (Å²) in [5.74, 6) is 0.614. The van der Waals surface area contributed by atoms with Crippen LogP contribution < -0.4 is 9.04 Å². The minimum atomic E-state index is -4.04. The van der Waals surface area contributed by atoms with Crippen molar-refractivity contribution in [1.82, 2.24) is 0 Å². The van der Waals surface area contributed by atoms with Crippen LogP contribution in [0.15, 0.2) is 156 Å². The van der Waals surface area contributed by atoms with Crippen LogP contribution in [0.25, 0.3) is 0 Å². The average Bonchev–Trinajstić information content (AvgIpc) is 3.17. The summed E-state index contributed by atoms with van der Waals surface area (Å²) in [5.41, 5.74) is 5.03. The molecule has 9 heteroatoms. The van der Waals surface area contributed by atoms with Gasteiger partial charge in [0.15, 0.2) is 0 Å². The molecule has 51 heavy (non-hydrogen) atoms. The van der Waals surface area contributed by atoms with Crippen LogP contribution in [0.4, 0.5) is 5.69 Å². The molecule has 0 bridgehead atoms. The first-order valence-electron chi connectivity index (χ1n) is 16.9. The lowest BCUT2D eigenvalue weighted by atomic mass is 9.97. The Hall–Kier alpha value is -4.93. The van der Waals surface area contributed by atoms with Crippen molar-refractivity contribution in [2.75, 3.05) is 24.6 Å². The predicted molar refractivity (Wildman–Crippen MR) is 198 cm³/mol. The molecule has 3 atom stereocenters. The SMILES string of the molecule is COc1ccc(N(CC2=CO[C@H](COCc3ccccc3)[C@H](OCc3ccccc3)[C@@H]2OCc2ccccc2)S(=O)(=O)c2ccc(C)cc2)cc1. The number of hydrogen-bond donors (Lipinski definition) is 0. The smallest absolute Gasteiger partial charge is 0.264 e. The van der Waals surface area contributed by atoms with E-state index < -0.39 is 28.3 Å². The summed E-state index contributed by atoms with van der Waals surface area (Å²) in [6, 6.07) is 43.5. The molecule has 0 spiro atoms. The largest absolute Gasteiger partial charge is 0.497 e. The molecule has 0 aliphatic carbocycles. The Kier molecular flexibility index (Phi) is 12.2. The molecule has 0 radical (unpaired) electrons. The highest BCUT2D eigenvalue weighted by Crippen LogP contribution is 2.32. The maximum absolute atomic E-state index is 14.4. The fourth-order valence-corrected chi connectivity index (χ4v) is 7.30. The number of nitrogens with zero attached hydrogens (tertiary/aromatic N) is 1. The summed E-state index contributed by atoms with van der Waals surface area (Å²) in [6.45, 7) is 3.08. The lowest BCUT2D eigenvalue weighted by molar-refractivity contribution is -0.152. The van der Waals surface area contributed by atoms with Crippen molar-refractivity contribution in [2.24, 2.45) is 0 Å². The zero-order valence-electron chi connectivity index (χ0n) is 28.8. The van der Waals surface area contributed by atoms with E-state index in [2.05, 4.69) is 0 Å². The molecule has 6 rings (SSSR count). The van der Waals surface area contributed by atoms with Gasteiger partial charge in [-0.1, -0.05) is 109 Å². The highest BCUT2D eigenvalue weighted by molar-refractivity contribution is 7.92. The molecule has 1 aliphatic rings. The van der Waals surface area contributed by atoms with Crippen molar-refractivity contribution in [1.29, 1.82) is 0 Å². The van der Waals surface area contributed by atoms with E-state index in [-0.39, 0.29) is 24.7 Å². The second-order valence-corrected chi connectivity index (χ2v) is 14.2. The highest BCUT2D eigenvalue weighted by atomic mass is 32.2. The van der Waals surface area contributed by atoms with Crippen LogP contribution >= 0.6 is 0 Å². The molecule has 1 aliphatic heterocycles. The molecule has 8 nitrogen and oxygen atoms in total. The van der Waals surface area contributed by atoms with Gasteiger partial charge < -0.3 is 23.7 Å². The van der Waals surface area contributed by atoms with E-state index in [1.54, 1.807) is 61.9 Å². The predicted octanol–water partition coefficient (Wildman–Crippen LogP) is 7.87. The summed E-state index contributed by atoms with van der Waals surface area (Å²) < 4.78 is 61.5. The van der Waals surface area contributed by atoms with Crippen LogP contribution in [0.1, 0.15) is 22.3 Å². The number of ether oxygens (including phenoxy) is 5. The van der Waals surface area contributed by atoms with Gasteiger partial charge in [-0.2, -0.15) is 0 Å². The van der Waals surface area contributed by atoms with Crippen molar-refractivity contribution < 1.29 is 32.1 Å². The molecule has 0 unspecified atom stereocenters. The fourth-order valence-electron chi connectivity index (χ4n) is 5.84. The van der Waals surface area contributed by atoms with Gasteiger partial charge in [0.05, 0.1) is 56.9 Å². The van der Waals surface area contributed by atoms with Crippen LogP contribution in [0.5, 0.6) is 5.75 Å². The number of methoxy groups -OCH3 is 1. The molecule has 0 aromatic heterocycles. The lowest BCUT2D eigenvalue weighted by Crippen LogP contribution is -2.50. The second-order valence-electron chi connectivity index (χ2n) is 12.4. The van der Waals surface area contributed by atoms with E-state index in [1.165, 1.54) is 4.31 Å². The Labute approximate surface area is 300 Å². The molecule has 0 saturated carbocycles. The van der Waals surface area contributed by atoms with E-state index in [0.717, 1.165) is 22.3 Å². The van der Waals surface area contributed by atoms with E-state index in [1.807, 2.05) is 97.9 Å². The first kappa shape index (κ1) is 35.9. The number of anilines is 1. The van der Waals surface area contributed by atoms with Gasteiger partial charge in [-0.15, -0.1) is 0 Å². The Balaban J connectivity index is 1.36. The van der Waals surface area contributed by atoms with Gasteiger partial charge in [-0.25, -0.2) is 8.42 Å². The summed E-state index contributed by atoms with van der Waals surface area (Å²) in [5, 5.41) is 0. The van der Waals surface area contributed by atoms with E-state index in [9.17, 15) is 8.42 Å². The number of benzene rings is 5. The van der Waals surface area contributed by atoms with Crippen molar-refractivity contribution in [3.05, 3.63) is 174 Å². The fraction of sp³-hybridized carbons (Fsp3) is 0.238. The second kappa shape index (κ2) is 17.3. The van der Waals surface area contributed by atoms with Crippen molar-refractivity contribution in [2.45, 2.75) is 50.0 Å². The quantitative estimate of drug-likeness (QED) is 0.103. The molecule has 264 valence electrons. The third kappa shape index (κ3) is 9.45. The molecule has 0 amide bonds. The number of rotatable bonds is 16. The summed E-state index contributed by atoms with van der Waals surface area (Å²) in [6.07, 6.45) is -0.230. The minimum absolute atomic E-state index is 0.0508. The van der Waals surface area contributed by atoms with Gasteiger partial charge in [0.25, 0.3) is 10.0 Å². The zero-order valence-corrected chi connectivity index (χ0v) is 29.7. The molecule has 5 aromatic rings. The molecule has 0 saturated heterocycles. The topological polar surface area (TPSA) is 83.5 Å². The lowest BCUT2D eigenvalue weighted by Gasteiger charge is -2.39. The van der Waals surface area contributed by atoms with Crippen molar-refractivity contribution in [3.8, 4) is 5.75 Å². The standard InChI is InChI=1S/C42H43NO7S/c1-32-18-24-39(25-19-32)51(44,45)43(37-20-22-38(46-2)23-21-37)26-36-30-48-40(31-47-27-33-12-6-3-7-13-33)42(50-29-35-16-10-5-11-17-35)41(36)49-28-34-14-8-4-9-15-34/h3-25,30,40-42H,26-29,31H2,1-2H3/t40-,41-,42+/m1/s1. The molecule has 5 aromatic carbocycles. The highest BCUT2D eigenvalue weighted by Gasteiger charge is 2.41. The zero-order chi connectivity index (χ0) is 35.5. The maximum atomic E-state index is 14.4. The first-order valence-corrected chi connectivity index (χ1v) is 18.4. The minimum Gasteiger partial charge on any atom is -0.497 e. The van der Waals surface area contributed by atoms with Gasteiger partial charge >= 0.3 is 0 Å². The van der Waals surface area contributed by atoms with E-state index in [0.29, 0.717) is 30.2 Å². The Morgan fingerprint density at radius 1 is 0.667 bits per heavy atom. The van der Waals surface area contributed by atoms with E-state index >= 15 is 0 Å². The van der Waals surface area contributed by atoms with Crippen LogP contribution in [-0.4, -0.2) is 47.0 Å². The van der Waals surface area contributed by atoms with Crippen LogP contribution in [0.2, 0.25) is 0 Å². The molecular weight excluding hydrogens is 663 g/mol. The Bertz CT molecular complexity index is 1940. The number of aryl methyl sites for hydroxylation is 1. The Morgan fingerprint density at radius 2 is 1.22 bits per heavy atom. The molecule has 0 N–H and O–H groups in total. The van der Waals surface area contributed by atoms with Crippen molar-refractivity contribution >= 4 is 15.7 Å². The average molecular weight is 706 g/mol. The molecular formula is C42H43NO7S. The van der Waals surface area contributed by atoms with Gasteiger partial charge in [0.1, 0.15) is 24.1 Å². The summed E-state index contributed by atoms with van der Waals surface area (Å²) in [7, 11) is -2.46. The number of sulfonamides is 1. The van der Waals surface area contributed by atoms with Crippen LogP contribution in [0, 0.1) is 6.92 Å². The molecule has 1 heterocycles. The van der Waals surface area contributed by atoms with Crippen LogP contribution in [0.3, 0.4) is 0 Å². The normalized spacial score (nSPS) is 17.3. The molecule has 0 fully saturated rings. The monoisotopic (exact) mass is 705 g/mol. The van der Waals surface area contributed by atoms with Gasteiger partial charge in [-0.3, -0.25) is 4.31 Å². The van der Waals surface area contributed by atoms with Gasteiger partial charge in [-0.05, 0) is 60.0 Å². The van der Waals surface area contributed by atoms with E-state index in [4.69, 9.17) is 23.7 Å².